The second-order valence-electron chi connectivity index (χ2n) is 5.72. The summed E-state index contributed by atoms with van der Waals surface area (Å²) in [6, 6.07) is 6.24. The SMILES string of the molecule is CC1(C)CCCN(c2ccc(C(N)=S)c(Br)c2)C1. The van der Waals surface area contributed by atoms with E-state index in [0.717, 1.165) is 23.1 Å². The third-order valence-corrected chi connectivity index (χ3v) is 4.36. The molecule has 1 fully saturated rings. The highest BCUT2D eigenvalue weighted by Gasteiger charge is 2.26. The Bertz CT molecular complexity index is 471. The molecule has 0 aliphatic carbocycles. The number of thiocarbonyl (C=S) groups is 1. The van der Waals surface area contributed by atoms with Crippen LogP contribution >= 0.6 is 28.1 Å². The van der Waals surface area contributed by atoms with Crippen LogP contribution in [0.1, 0.15) is 32.3 Å². The first-order valence-corrected chi connectivity index (χ1v) is 7.43. The van der Waals surface area contributed by atoms with Crippen molar-refractivity contribution in [2.75, 3.05) is 18.0 Å². The zero-order chi connectivity index (χ0) is 13.3. The molecule has 2 N–H and O–H groups in total. The highest BCUT2D eigenvalue weighted by atomic mass is 79.9. The van der Waals surface area contributed by atoms with Gasteiger partial charge in [0.25, 0.3) is 0 Å². The molecule has 0 spiro atoms. The molecule has 1 aliphatic heterocycles. The van der Waals surface area contributed by atoms with Crippen LogP contribution in [0.4, 0.5) is 5.69 Å². The fraction of sp³-hybridized carbons (Fsp3) is 0.500. The van der Waals surface area contributed by atoms with Gasteiger partial charge in [0.2, 0.25) is 0 Å². The van der Waals surface area contributed by atoms with Gasteiger partial charge in [-0.25, -0.2) is 0 Å². The molecule has 1 aromatic carbocycles. The smallest absolute Gasteiger partial charge is 0.105 e. The molecule has 1 saturated heterocycles. The summed E-state index contributed by atoms with van der Waals surface area (Å²) in [6.45, 7) is 6.89. The molecule has 1 heterocycles. The van der Waals surface area contributed by atoms with Gasteiger partial charge < -0.3 is 10.6 Å². The number of hydrogen-bond acceptors (Lipinski definition) is 2. The second-order valence-corrected chi connectivity index (χ2v) is 7.01. The van der Waals surface area contributed by atoms with Crippen molar-refractivity contribution in [1.82, 2.24) is 0 Å². The normalized spacial score (nSPS) is 18.7. The van der Waals surface area contributed by atoms with E-state index in [4.69, 9.17) is 18.0 Å². The molecule has 1 aliphatic rings. The third-order valence-electron chi connectivity index (χ3n) is 3.48. The number of hydrogen-bond donors (Lipinski definition) is 1. The highest BCUT2D eigenvalue weighted by molar-refractivity contribution is 9.10. The van der Waals surface area contributed by atoms with Crippen molar-refractivity contribution in [3.05, 3.63) is 28.2 Å². The summed E-state index contributed by atoms with van der Waals surface area (Å²) in [4.78, 5) is 2.88. The van der Waals surface area contributed by atoms with E-state index >= 15 is 0 Å². The fourth-order valence-corrected chi connectivity index (χ4v) is 3.43. The van der Waals surface area contributed by atoms with Crippen LogP contribution in [0.5, 0.6) is 0 Å². The van der Waals surface area contributed by atoms with Crippen molar-refractivity contribution in [2.45, 2.75) is 26.7 Å². The van der Waals surface area contributed by atoms with Gasteiger partial charge >= 0.3 is 0 Å². The minimum atomic E-state index is 0.395. The Morgan fingerprint density at radius 1 is 1.44 bits per heavy atom. The van der Waals surface area contributed by atoms with Gasteiger partial charge in [0.05, 0.1) is 0 Å². The predicted octanol–water partition coefficient (Wildman–Crippen LogP) is 3.71. The van der Waals surface area contributed by atoms with Crippen molar-refractivity contribution in [1.29, 1.82) is 0 Å². The summed E-state index contributed by atoms with van der Waals surface area (Å²) in [5, 5.41) is 0. The molecule has 0 saturated carbocycles. The number of nitrogens with zero attached hydrogens (tertiary/aromatic N) is 1. The molecule has 0 unspecified atom stereocenters. The van der Waals surface area contributed by atoms with Gasteiger partial charge in [-0.3, -0.25) is 0 Å². The van der Waals surface area contributed by atoms with Gasteiger partial charge in [-0.05, 0) is 52.4 Å². The van der Waals surface area contributed by atoms with Crippen LogP contribution in [0.2, 0.25) is 0 Å². The Hall–Kier alpha value is -0.610. The number of anilines is 1. The van der Waals surface area contributed by atoms with E-state index < -0.39 is 0 Å². The van der Waals surface area contributed by atoms with E-state index in [1.54, 1.807) is 0 Å². The molecule has 98 valence electrons. The molecule has 2 nitrogen and oxygen atoms in total. The van der Waals surface area contributed by atoms with Crippen molar-refractivity contribution in [3.63, 3.8) is 0 Å². The lowest BCUT2D eigenvalue weighted by Gasteiger charge is -2.39. The second kappa shape index (κ2) is 5.17. The quantitative estimate of drug-likeness (QED) is 0.840. The molecule has 1 aromatic rings. The first-order valence-electron chi connectivity index (χ1n) is 6.23. The van der Waals surface area contributed by atoms with Crippen molar-refractivity contribution in [2.24, 2.45) is 11.1 Å². The molecule has 18 heavy (non-hydrogen) atoms. The lowest BCUT2D eigenvalue weighted by Crippen LogP contribution is -2.40. The molecular formula is C14H19BrN2S. The molecule has 0 radical (unpaired) electrons. The van der Waals surface area contributed by atoms with E-state index in [0.29, 0.717) is 10.4 Å². The van der Waals surface area contributed by atoms with Crippen LogP contribution in [0.15, 0.2) is 22.7 Å². The van der Waals surface area contributed by atoms with Gasteiger partial charge in [0.15, 0.2) is 0 Å². The summed E-state index contributed by atoms with van der Waals surface area (Å²) in [6.07, 6.45) is 2.55. The summed E-state index contributed by atoms with van der Waals surface area (Å²) >= 11 is 8.57. The molecular weight excluding hydrogens is 308 g/mol. The Balaban J connectivity index is 2.24. The van der Waals surface area contributed by atoms with Gasteiger partial charge in [-0.15, -0.1) is 0 Å². The maximum absolute atomic E-state index is 5.67. The third kappa shape index (κ3) is 3.04. The lowest BCUT2D eigenvalue weighted by atomic mass is 9.84. The molecule has 2 rings (SSSR count). The van der Waals surface area contributed by atoms with Gasteiger partial charge in [-0.2, -0.15) is 0 Å². The van der Waals surface area contributed by atoms with E-state index in [9.17, 15) is 0 Å². The number of halogens is 1. The summed E-state index contributed by atoms with van der Waals surface area (Å²) in [5.41, 5.74) is 8.22. The standard InChI is InChI=1S/C14H19BrN2S/c1-14(2)6-3-7-17(9-14)10-4-5-11(13(16)18)12(15)8-10/h4-5,8H,3,6-7,9H2,1-2H3,(H2,16,18). The minimum Gasteiger partial charge on any atom is -0.389 e. The average molecular weight is 327 g/mol. The number of benzene rings is 1. The van der Waals surface area contributed by atoms with Crippen LogP contribution in [0.3, 0.4) is 0 Å². The van der Waals surface area contributed by atoms with Crippen LogP contribution in [-0.2, 0) is 0 Å². The lowest BCUT2D eigenvalue weighted by molar-refractivity contribution is 0.293. The molecule has 0 atom stereocenters. The predicted molar refractivity (Wildman–Crippen MR) is 85.3 cm³/mol. The van der Waals surface area contributed by atoms with Gasteiger partial charge in [0.1, 0.15) is 4.99 Å². The van der Waals surface area contributed by atoms with Crippen molar-refractivity contribution in [3.8, 4) is 0 Å². The Morgan fingerprint density at radius 3 is 2.72 bits per heavy atom. The van der Waals surface area contributed by atoms with E-state index in [2.05, 4.69) is 46.8 Å². The van der Waals surface area contributed by atoms with Crippen LogP contribution in [0.25, 0.3) is 0 Å². The Labute approximate surface area is 123 Å². The first kappa shape index (κ1) is 13.8. The van der Waals surface area contributed by atoms with Crippen LogP contribution in [0, 0.1) is 5.41 Å². The monoisotopic (exact) mass is 326 g/mol. The molecule has 0 bridgehead atoms. The summed E-state index contributed by atoms with van der Waals surface area (Å²) in [5.74, 6) is 0. The summed E-state index contributed by atoms with van der Waals surface area (Å²) < 4.78 is 0.982. The maximum atomic E-state index is 5.67. The zero-order valence-corrected chi connectivity index (χ0v) is 13.3. The number of rotatable bonds is 2. The zero-order valence-electron chi connectivity index (χ0n) is 10.9. The topological polar surface area (TPSA) is 29.3 Å². The molecule has 0 amide bonds. The van der Waals surface area contributed by atoms with E-state index in [1.807, 2.05) is 6.07 Å². The van der Waals surface area contributed by atoms with Crippen molar-refractivity contribution >= 4 is 38.8 Å². The minimum absolute atomic E-state index is 0.395. The van der Waals surface area contributed by atoms with Gasteiger partial charge in [-0.1, -0.05) is 26.1 Å². The number of nitrogens with two attached hydrogens (primary N) is 1. The van der Waals surface area contributed by atoms with Crippen LogP contribution in [-0.4, -0.2) is 18.1 Å². The summed E-state index contributed by atoms with van der Waals surface area (Å²) in [7, 11) is 0. The van der Waals surface area contributed by atoms with Crippen LogP contribution < -0.4 is 10.6 Å². The van der Waals surface area contributed by atoms with E-state index in [-0.39, 0.29) is 0 Å². The Kier molecular flexibility index (Phi) is 3.97. The van der Waals surface area contributed by atoms with Crippen molar-refractivity contribution < 1.29 is 0 Å². The molecule has 0 aromatic heterocycles. The fourth-order valence-electron chi connectivity index (χ4n) is 2.54. The Morgan fingerprint density at radius 2 is 2.17 bits per heavy atom. The highest BCUT2D eigenvalue weighted by Crippen LogP contribution is 2.33. The van der Waals surface area contributed by atoms with E-state index in [1.165, 1.54) is 18.5 Å². The number of piperidine rings is 1. The molecule has 4 heteroatoms. The largest absolute Gasteiger partial charge is 0.389 e. The first-order chi connectivity index (χ1) is 8.39. The average Bonchev–Trinajstić information content (AvgIpc) is 2.27. The maximum Gasteiger partial charge on any atom is 0.105 e. The van der Waals surface area contributed by atoms with Gasteiger partial charge in [0, 0.05) is 28.8 Å².